The smallest absolute Gasteiger partial charge is 0.251 e. The molecule has 0 fully saturated rings. The molecule has 0 saturated carbocycles. The van der Waals surface area contributed by atoms with Gasteiger partial charge in [0.1, 0.15) is 11.5 Å². The Labute approximate surface area is 87.3 Å². The summed E-state index contributed by atoms with van der Waals surface area (Å²) in [7, 11) is 1.53. The molecule has 0 bridgehead atoms. The summed E-state index contributed by atoms with van der Waals surface area (Å²) in [5.41, 5.74) is 0.212. The van der Waals surface area contributed by atoms with Crippen molar-refractivity contribution in [3.8, 4) is 11.5 Å². The van der Waals surface area contributed by atoms with Crippen molar-refractivity contribution >= 4 is 5.91 Å². The fraction of sp³-hybridized carbons (Fsp3) is 0.300. The van der Waals surface area contributed by atoms with Gasteiger partial charge >= 0.3 is 0 Å². The molecule has 3 N–H and O–H groups in total. The molecule has 5 heteroatoms. The van der Waals surface area contributed by atoms with E-state index in [1.165, 1.54) is 19.2 Å². The maximum atomic E-state index is 11.4. The molecule has 0 aromatic heterocycles. The van der Waals surface area contributed by atoms with E-state index in [0.29, 0.717) is 13.2 Å². The number of hydrogen-bond acceptors (Lipinski definition) is 4. The van der Waals surface area contributed by atoms with Gasteiger partial charge in [0.15, 0.2) is 0 Å². The third-order valence-corrected chi connectivity index (χ3v) is 1.76. The number of ether oxygens (including phenoxy) is 1. The van der Waals surface area contributed by atoms with Gasteiger partial charge in [-0.15, -0.1) is 0 Å². The Morgan fingerprint density at radius 1 is 1.33 bits per heavy atom. The maximum absolute atomic E-state index is 11.4. The van der Waals surface area contributed by atoms with Gasteiger partial charge in [-0.1, -0.05) is 0 Å². The number of nitrogens with one attached hydrogen (secondary N) is 1. The molecule has 0 spiro atoms. The Hall–Kier alpha value is -1.75. The second-order valence-corrected chi connectivity index (χ2v) is 2.99. The monoisotopic (exact) mass is 211 g/mol. The SMILES string of the molecule is COCCNC(=O)c1cc(O)cc(O)c1. The van der Waals surface area contributed by atoms with E-state index >= 15 is 0 Å². The molecule has 5 nitrogen and oxygen atoms in total. The number of carbonyl (C=O) groups is 1. The molecule has 0 aliphatic carbocycles. The summed E-state index contributed by atoms with van der Waals surface area (Å²) in [6.45, 7) is 0.794. The predicted octanol–water partition coefficient (Wildman–Crippen LogP) is 0.474. The van der Waals surface area contributed by atoms with Crippen LogP contribution < -0.4 is 5.32 Å². The maximum Gasteiger partial charge on any atom is 0.251 e. The van der Waals surface area contributed by atoms with Gasteiger partial charge in [-0.3, -0.25) is 4.79 Å². The van der Waals surface area contributed by atoms with E-state index in [-0.39, 0.29) is 23.0 Å². The number of rotatable bonds is 4. The molecule has 1 rings (SSSR count). The van der Waals surface area contributed by atoms with E-state index in [1.54, 1.807) is 0 Å². The molecular formula is C10H13NO4. The standard InChI is InChI=1S/C10H13NO4/c1-15-3-2-11-10(14)7-4-8(12)6-9(13)5-7/h4-6,12-13H,2-3H2,1H3,(H,11,14). The Balaban J connectivity index is 2.65. The van der Waals surface area contributed by atoms with Crippen LogP contribution in [0.25, 0.3) is 0 Å². The lowest BCUT2D eigenvalue weighted by Gasteiger charge is -2.05. The molecule has 0 heterocycles. The van der Waals surface area contributed by atoms with Crippen molar-refractivity contribution in [2.24, 2.45) is 0 Å². The molecule has 0 saturated heterocycles. The zero-order valence-corrected chi connectivity index (χ0v) is 8.36. The second kappa shape index (κ2) is 5.21. The first-order chi connectivity index (χ1) is 7.13. The highest BCUT2D eigenvalue weighted by atomic mass is 16.5. The third-order valence-electron chi connectivity index (χ3n) is 1.76. The van der Waals surface area contributed by atoms with Gasteiger partial charge in [0.05, 0.1) is 6.61 Å². The highest BCUT2D eigenvalue weighted by Gasteiger charge is 2.07. The van der Waals surface area contributed by atoms with Crippen molar-refractivity contribution in [3.05, 3.63) is 23.8 Å². The van der Waals surface area contributed by atoms with Gasteiger partial charge in [0, 0.05) is 25.3 Å². The summed E-state index contributed by atoms with van der Waals surface area (Å²) < 4.78 is 4.76. The Kier molecular flexibility index (Phi) is 3.93. The number of benzene rings is 1. The molecule has 82 valence electrons. The normalized spacial score (nSPS) is 9.93. The van der Waals surface area contributed by atoms with E-state index in [1.807, 2.05) is 0 Å². The highest BCUT2D eigenvalue weighted by molar-refractivity contribution is 5.95. The number of methoxy groups -OCH3 is 1. The first-order valence-electron chi connectivity index (χ1n) is 4.43. The van der Waals surface area contributed by atoms with Crippen LogP contribution >= 0.6 is 0 Å². The van der Waals surface area contributed by atoms with Crippen molar-refractivity contribution < 1.29 is 19.7 Å². The van der Waals surface area contributed by atoms with Crippen LogP contribution in [0, 0.1) is 0 Å². The van der Waals surface area contributed by atoms with Gasteiger partial charge in [0.25, 0.3) is 5.91 Å². The zero-order chi connectivity index (χ0) is 11.3. The van der Waals surface area contributed by atoms with Crippen molar-refractivity contribution in [3.63, 3.8) is 0 Å². The molecule has 1 aromatic carbocycles. The lowest BCUT2D eigenvalue weighted by molar-refractivity contribution is 0.0936. The summed E-state index contributed by atoms with van der Waals surface area (Å²) in [5, 5.41) is 20.9. The van der Waals surface area contributed by atoms with E-state index in [9.17, 15) is 4.79 Å². The third kappa shape index (κ3) is 3.47. The zero-order valence-electron chi connectivity index (χ0n) is 8.36. The summed E-state index contributed by atoms with van der Waals surface area (Å²) in [6.07, 6.45) is 0. The molecule has 0 aliphatic rings. The molecule has 0 radical (unpaired) electrons. The van der Waals surface area contributed by atoms with Crippen molar-refractivity contribution in [2.75, 3.05) is 20.3 Å². The van der Waals surface area contributed by atoms with Crippen LogP contribution in [0.3, 0.4) is 0 Å². The summed E-state index contributed by atoms with van der Waals surface area (Å²) >= 11 is 0. The minimum Gasteiger partial charge on any atom is -0.508 e. The van der Waals surface area contributed by atoms with Crippen LogP contribution in [0.2, 0.25) is 0 Å². The molecule has 15 heavy (non-hydrogen) atoms. The van der Waals surface area contributed by atoms with E-state index in [4.69, 9.17) is 14.9 Å². The fourth-order valence-corrected chi connectivity index (χ4v) is 1.09. The number of phenolic OH excluding ortho intramolecular Hbond substituents is 2. The van der Waals surface area contributed by atoms with Crippen molar-refractivity contribution in [1.29, 1.82) is 0 Å². The molecule has 1 amide bonds. The van der Waals surface area contributed by atoms with Gasteiger partial charge in [-0.25, -0.2) is 0 Å². The highest BCUT2D eigenvalue weighted by Crippen LogP contribution is 2.19. The summed E-state index contributed by atoms with van der Waals surface area (Å²) in [6, 6.07) is 3.72. The largest absolute Gasteiger partial charge is 0.508 e. The van der Waals surface area contributed by atoms with Gasteiger partial charge in [-0.05, 0) is 12.1 Å². The van der Waals surface area contributed by atoms with Gasteiger partial charge < -0.3 is 20.3 Å². The summed E-state index contributed by atoms with van der Waals surface area (Å²) in [4.78, 5) is 11.4. The Morgan fingerprint density at radius 3 is 2.47 bits per heavy atom. The van der Waals surface area contributed by atoms with Gasteiger partial charge in [-0.2, -0.15) is 0 Å². The molecule has 1 aromatic rings. The van der Waals surface area contributed by atoms with E-state index in [2.05, 4.69) is 5.32 Å². The predicted molar refractivity (Wildman–Crippen MR) is 54.0 cm³/mol. The van der Waals surface area contributed by atoms with Crippen LogP contribution in [0.15, 0.2) is 18.2 Å². The van der Waals surface area contributed by atoms with E-state index < -0.39 is 0 Å². The minimum absolute atomic E-state index is 0.146. The number of phenols is 2. The lowest BCUT2D eigenvalue weighted by atomic mass is 10.2. The summed E-state index contributed by atoms with van der Waals surface area (Å²) in [5.74, 6) is -0.656. The van der Waals surface area contributed by atoms with Crippen molar-refractivity contribution in [1.82, 2.24) is 5.32 Å². The molecule has 0 aliphatic heterocycles. The number of carbonyl (C=O) groups excluding carboxylic acids is 1. The second-order valence-electron chi connectivity index (χ2n) is 2.99. The van der Waals surface area contributed by atoms with Crippen LogP contribution in [0.5, 0.6) is 11.5 Å². The first kappa shape index (κ1) is 11.3. The molecule has 0 atom stereocenters. The van der Waals surface area contributed by atoms with Gasteiger partial charge in [0.2, 0.25) is 0 Å². The topological polar surface area (TPSA) is 78.8 Å². The lowest BCUT2D eigenvalue weighted by Crippen LogP contribution is -2.26. The van der Waals surface area contributed by atoms with E-state index in [0.717, 1.165) is 6.07 Å². The first-order valence-corrected chi connectivity index (χ1v) is 4.43. The van der Waals surface area contributed by atoms with Crippen LogP contribution in [0.4, 0.5) is 0 Å². The average molecular weight is 211 g/mol. The Bertz CT molecular complexity index is 331. The average Bonchev–Trinajstić information content (AvgIpc) is 2.16. The van der Waals surface area contributed by atoms with Crippen LogP contribution in [-0.2, 0) is 4.74 Å². The Morgan fingerprint density at radius 2 is 1.93 bits per heavy atom. The quantitative estimate of drug-likeness (QED) is 0.633. The van der Waals surface area contributed by atoms with Crippen LogP contribution in [0.1, 0.15) is 10.4 Å². The van der Waals surface area contributed by atoms with Crippen LogP contribution in [-0.4, -0.2) is 36.4 Å². The number of aromatic hydroxyl groups is 2. The molecular weight excluding hydrogens is 198 g/mol. The number of hydrogen-bond donors (Lipinski definition) is 3. The minimum atomic E-state index is -0.363. The van der Waals surface area contributed by atoms with Crippen molar-refractivity contribution in [2.45, 2.75) is 0 Å². The molecule has 0 unspecified atom stereocenters. The fourth-order valence-electron chi connectivity index (χ4n) is 1.09. The number of amides is 1.